The van der Waals surface area contributed by atoms with Crippen molar-refractivity contribution in [3.05, 3.63) is 51.1 Å². The highest BCUT2D eigenvalue weighted by Crippen LogP contribution is 2.37. The number of fused-ring (bicyclic) bond motifs is 2. The quantitative estimate of drug-likeness (QED) is 0.302. The molecule has 122 valence electrons. The van der Waals surface area contributed by atoms with Crippen molar-refractivity contribution in [3.8, 4) is 5.75 Å². The predicted octanol–water partition coefficient (Wildman–Crippen LogP) is 3.76. The zero-order chi connectivity index (χ0) is 16.5. The third kappa shape index (κ3) is 2.81. The molecule has 1 aromatic carbocycles. The van der Waals surface area contributed by atoms with Crippen LogP contribution in [0.2, 0.25) is 0 Å². The van der Waals surface area contributed by atoms with Gasteiger partial charge in [-0.1, -0.05) is 0 Å². The molecule has 0 unspecified atom stereocenters. The van der Waals surface area contributed by atoms with Gasteiger partial charge in [-0.2, -0.15) is 0 Å². The van der Waals surface area contributed by atoms with Crippen molar-refractivity contribution in [2.24, 2.45) is 0 Å². The van der Waals surface area contributed by atoms with Crippen LogP contribution in [0.1, 0.15) is 11.1 Å². The summed E-state index contributed by atoms with van der Waals surface area (Å²) < 4.78 is 10.8. The van der Waals surface area contributed by atoms with Gasteiger partial charge in [0, 0.05) is 34.4 Å². The van der Waals surface area contributed by atoms with Crippen LogP contribution in [0, 0.1) is 10.1 Å². The Morgan fingerprint density at radius 2 is 2.29 bits per heavy atom. The van der Waals surface area contributed by atoms with Crippen molar-refractivity contribution in [3.63, 3.8) is 0 Å². The summed E-state index contributed by atoms with van der Waals surface area (Å²) in [6.45, 7) is 0.474. The van der Waals surface area contributed by atoms with Crippen molar-refractivity contribution in [2.45, 2.75) is 17.4 Å². The molecule has 0 N–H and O–H groups in total. The Hall–Kier alpha value is -2.23. The van der Waals surface area contributed by atoms with E-state index in [1.165, 1.54) is 24.2 Å². The number of nitro groups is 1. The second kappa shape index (κ2) is 6.34. The molecular formula is C15H11N3O4S2. The summed E-state index contributed by atoms with van der Waals surface area (Å²) in [6, 6.07) is 5.04. The molecule has 0 amide bonds. The fourth-order valence-electron chi connectivity index (χ4n) is 2.52. The van der Waals surface area contributed by atoms with Crippen LogP contribution in [0.15, 0.2) is 34.9 Å². The zero-order valence-corrected chi connectivity index (χ0v) is 13.9. The van der Waals surface area contributed by atoms with Crippen LogP contribution in [0.5, 0.6) is 5.75 Å². The fourth-order valence-corrected chi connectivity index (χ4v) is 4.27. The molecule has 0 bridgehead atoms. The maximum Gasteiger partial charge on any atom is 0.270 e. The lowest BCUT2D eigenvalue weighted by atomic mass is 10.1. The van der Waals surface area contributed by atoms with E-state index in [0.29, 0.717) is 23.7 Å². The molecule has 0 fully saturated rings. The Kier molecular flexibility index (Phi) is 4.05. The first-order valence-corrected chi connectivity index (χ1v) is 8.90. The molecule has 0 atom stereocenters. The van der Waals surface area contributed by atoms with E-state index < -0.39 is 4.92 Å². The van der Waals surface area contributed by atoms with Crippen molar-refractivity contribution in [2.75, 3.05) is 6.79 Å². The largest absolute Gasteiger partial charge is 0.467 e. The highest BCUT2D eigenvalue weighted by atomic mass is 32.2. The minimum Gasteiger partial charge on any atom is -0.467 e. The van der Waals surface area contributed by atoms with Crippen LogP contribution >= 0.6 is 23.1 Å². The minimum absolute atomic E-state index is 0.0433. The van der Waals surface area contributed by atoms with E-state index in [9.17, 15) is 10.1 Å². The molecule has 1 aliphatic heterocycles. The third-order valence-electron chi connectivity index (χ3n) is 3.57. The van der Waals surface area contributed by atoms with Gasteiger partial charge in [-0.25, -0.2) is 9.97 Å². The summed E-state index contributed by atoms with van der Waals surface area (Å²) in [6.07, 6.45) is 1.54. The smallest absolute Gasteiger partial charge is 0.270 e. The van der Waals surface area contributed by atoms with Crippen LogP contribution in [-0.4, -0.2) is 21.7 Å². The van der Waals surface area contributed by atoms with Gasteiger partial charge in [0.2, 0.25) is 0 Å². The van der Waals surface area contributed by atoms with Crippen molar-refractivity contribution in [1.29, 1.82) is 0 Å². The molecule has 7 nitrogen and oxygen atoms in total. The number of non-ortho nitro benzene ring substituents is 1. The summed E-state index contributed by atoms with van der Waals surface area (Å²) in [5.41, 5.74) is 1.52. The second-order valence-electron chi connectivity index (χ2n) is 5.07. The highest BCUT2D eigenvalue weighted by molar-refractivity contribution is 7.98. The Morgan fingerprint density at radius 1 is 1.38 bits per heavy atom. The zero-order valence-electron chi connectivity index (χ0n) is 12.3. The van der Waals surface area contributed by atoms with Gasteiger partial charge in [0.05, 0.1) is 11.5 Å². The normalized spacial score (nSPS) is 13.5. The standard InChI is InChI=1S/C15H11N3O4S2/c19-18(20)11-3-9-5-21-8-22-13(9)10(4-11)6-24-15-12-1-2-23-14(12)16-7-17-15/h1-4,7H,5-6,8H2. The Morgan fingerprint density at radius 3 is 3.17 bits per heavy atom. The lowest BCUT2D eigenvalue weighted by Gasteiger charge is -2.20. The fraction of sp³-hybridized carbons (Fsp3) is 0.200. The van der Waals surface area contributed by atoms with Crippen molar-refractivity contribution >= 4 is 39.0 Å². The van der Waals surface area contributed by atoms with Gasteiger partial charge in [-0.15, -0.1) is 23.1 Å². The van der Waals surface area contributed by atoms with Gasteiger partial charge < -0.3 is 9.47 Å². The molecule has 3 aromatic rings. The van der Waals surface area contributed by atoms with Crippen LogP contribution in [0.4, 0.5) is 5.69 Å². The molecule has 1 aliphatic rings. The van der Waals surface area contributed by atoms with Crippen LogP contribution in [0.3, 0.4) is 0 Å². The summed E-state index contributed by atoms with van der Waals surface area (Å²) >= 11 is 3.07. The number of thioether (sulfide) groups is 1. The lowest BCUT2D eigenvalue weighted by molar-refractivity contribution is -0.385. The van der Waals surface area contributed by atoms with E-state index in [2.05, 4.69) is 9.97 Å². The summed E-state index contributed by atoms with van der Waals surface area (Å²) in [7, 11) is 0. The first kappa shape index (κ1) is 15.3. The molecule has 24 heavy (non-hydrogen) atoms. The Balaban J connectivity index is 1.67. The molecule has 0 aliphatic carbocycles. The molecule has 0 spiro atoms. The van der Waals surface area contributed by atoms with Gasteiger partial charge in [0.15, 0.2) is 6.79 Å². The highest BCUT2D eigenvalue weighted by Gasteiger charge is 2.21. The molecule has 0 radical (unpaired) electrons. The number of nitro benzene ring substituents is 1. The van der Waals surface area contributed by atoms with Gasteiger partial charge in [0.1, 0.15) is 21.9 Å². The summed E-state index contributed by atoms with van der Waals surface area (Å²) in [5, 5.41) is 15.0. The van der Waals surface area contributed by atoms with E-state index in [0.717, 1.165) is 20.8 Å². The van der Waals surface area contributed by atoms with E-state index >= 15 is 0 Å². The number of benzene rings is 1. The number of nitrogens with zero attached hydrogens (tertiary/aromatic N) is 3. The van der Waals surface area contributed by atoms with Gasteiger partial charge >= 0.3 is 0 Å². The molecule has 2 aromatic heterocycles. The van der Waals surface area contributed by atoms with E-state index in [-0.39, 0.29) is 12.5 Å². The lowest BCUT2D eigenvalue weighted by Crippen LogP contribution is -2.13. The summed E-state index contributed by atoms with van der Waals surface area (Å²) in [5.74, 6) is 1.20. The Bertz CT molecular complexity index is 928. The van der Waals surface area contributed by atoms with Gasteiger partial charge in [-0.05, 0) is 11.4 Å². The first-order valence-electron chi connectivity index (χ1n) is 7.04. The average molecular weight is 361 g/mol. The number of hydrogen-bond donors (Lipinski definition) is 0. The van der Waals surface area contributed by atoms with Crippen molar-refractivity contribution < 1.29 is 14.4 Å². The molecule has 0 saturated carbocycles. The topological polar surface area (TPSA) is 87.4 Å². The number of thiophene rings is 1. The number of aromatic nitrogens is 2. The van der Waals surface area contributed by atoms with E-state index in [1.54, 1.807) is 17.4 Å². The van der Waals surface area contributed by atoms with Crippen LogP contribution in [0.25, 0.3) is 10.2 Å². The molecular weight excluding hydrogens is 350 g/mol. The van der Waals surface area contributed by atoms with Gasteiger partial charge in [0.25, 0.3) is 5.69 Å². The van der Waals surface area contributed by atoms with E-state index in [1.807, 2.05) is 11.4 Å². The van der Waals surface area contributed by atoms with E-state index in [4.69, 9.17) is 9.47 Å². The Labute approximate surface area is 144 Å². The molecule has 9 heteroatoms. The SMILES string of the molecule is O=[N+]([O-])c1cc2c(c(CSc3ncnc4sccc34)c1)OCOC2. The predicted molar refractivity (Wildman–Crippen MR) is 90.4 cm³/mol. The average Bonchev–Trinajstić information content (AvgIpc) is 3.08. The number of hydrogen-bond acceptors (Lipinski definition) is 8. The summed E-state index contributed by atoms with van der Waals surface area (Å²) in [4.78, 5) is 20.2. The monoisotopic (exact) mass is 361 g/mol. The maximum atomic E-state index is 11.2. The van der Waals surface area contributed by atoms with Crippen LogP contribution < -0.4 is 4.74 Å². The molecule has 3 heterocycles. The minimum atomic E-state index is -0.398. The maximum absolute atomic E-state index is 11.2. The van der Waals surface area contributed by atoms with Gasteiger partial charge in [-0.3, -0.25) is 10.1 Å². The number of rotatable bonds is 4. The third-order valence-corrected chi connectivity index (χ3v) is 5.45. The van der Waals surface area contributed by atoms with Crippen molar-refractivity contribution in [1.82, 2.24) is 9.97 Å². The molecule has 0 saturated heterocycles. The van der Waals surface area contributed by atoms with Crippen LogP contribution in [-0.2, 0) is 17.1 Å². The second-order valence-corrected chi connectivity index (χ2v) is 6.93. The molecule has 4 rings (SSSR count). The first-order chi connectivity index (χ1) is 11.7. The number of ether oxygens (including phenoxy) is 2.